The second-order valence-corrected chi connectivity index (χ2v) is 7.35. The molecule has 1 atom stereocenters. The van der Waals surface area contributed by atoms with Crippen molar-refractivity contribution in [3.8, 4) is 0 Å². The molecule has 1 saturated heterocycles. The van der Waals surface area contributed by atoms with Gasteiger partial charge >= 0.3 is 0 Å². The Balaban J connectivity index is 1.69. The third-order valence-corrected chi connectivity index (χ3v) is 5.09. The number of nitrogen functional groups attached to an aromatic ring is 2. The van der Waals surface area contributed by atoms with Crippen LogP contribution in [0.15, 0.2) is 60.4 Å². The predicted octanol–water partition coefficient (Wildman–Crippen LogP) is 1.52. The highest BCUT2D eigenvalue weighted by molar-refractivity contribution is 5.88. The Kier molecular flexibility index (Phi) is 6.97. The lowest BCUT2D eigenvalue weighted by molar-refractivity contribution is -0.116. The van der Waals surface area contributed by atoms with Gasteiger partial charge in [0, 0.05) is 49.7 Å². The Morgan fingerprint density at radius 2 is 1.59 bits per heavy atom. The Bertz CT molecular complexity index is 866. The molecule has 2 aromatic carbocycles. The summed E-state index contributed by atoms with van der Waals surface area (Å²) < 4.78 is 0. The summed E-state index contributed by atoms with van der Waals surface area (Å²) in [6.45, 7) is 2.47. The zero-order valence-electron chi connectivity index (χ0n) is 16.6. The lowest BCUT2D eigenvalue weighted by Gasteiger charge is -2.34. The Morgan fingerprint density at radius 1 is 1.00 bits per heavy atom. The molecule has 1 heterocycles. The van der Waals surface area contributed by atoms with E-state index in [0.29, 0.717) is 25.3 Å². The molecule has 0 bridgehead atoms. The van der Waals surface area contributed by atoms with Crippen LogP contribution in [0.1, 0.15) is 24.0 Å². The maximum absolute atomic E-state index is 12.6. The first kappa shape index (κ1) is 20.5. The molecule has 1 aliphatic heterocycles. The van der Waals surface area contributed by atoms with Gasteiger partial charge in [-0.2, -0.15) is 0 Å². The first-order valence-electron chi connectivity index (χ1n) is 9.93. The maximum Gasteiger partial charge on any atom is 0.247 e. The maximum atomic E-state index is 12.6. The van der Waals surface area contributed by atoms with Crippen LogP contribution in [0, 0.1) is 0 Å². The van der Waals surface area contributed by atoms with Crippen molar-refractivity contribution in [3.63, 3.8) is 0 Å². The summed E-state index contributed by atoms with van der Waals surface area (Å²) in [5.74, 6) is 0.567. The average molecular weight is 395 g/mol. The van der Waals surface area contributed by atoms with E-state index >= 15 is 0 Å². The number of nitrogens with zero attached hydrogens (tertiary/aromatic N) is 1. The number of carbonyl (C=O) groups excluding carboxylic acids is 1. The summed E-state index contributed by atoms with van der Waals surface area (Å²) in [5, 5.41) is 6.29. The summed E-state index contributed by atoms with van der Waals surface area (Å²) in [4.78, 5) is 14.7. The third kappa shape index (κ3) is 5.89. The van der Waals surface area contributed by atoms with Crippen molar-refractivity contribution < 1.29 is 4.79 Å². The molecule has 7 nitrogen and oxygen atoms in total. The molecule has 0 aromatic heterocycles. The zero-order chi connectivity index (χ0) is 20.6. The number of hydrogen-bond donors (Lipinski definition) is 5. The number of piperidine rings is 1. The number of anilines is 2. The molecule has 0 saturated carbocycles. The number of nitrogens with one attached hydrogen (secondary N) is 2. The SMILES string of the molecule is Nc1ccccc1CNC(=O)/C=C(\NCc1ccccc1N)N1CCC[C@@H](N)C1. The molecule has 0 unspecified atom stereocenters. The second kappa shape index (κ2) is 9.84. The number of carbonyl (C=O) groups is 1. The van der Waals surface area contributed by atoms with Gasteiger partial charge in [-0.05, 0) is 36.1 Å². The molecule has 7 heteroatoms. The van der Waals surface area contributed by atoms with Crippen LogP contribution >= 0.6 is 0 Å². The van der Waals surface area contributed by atoms with Crippen molar-refractivity contribution in [1.29, 1.82) is 0 Å². The first-order valence-corrected chi connectivity index (χ1v) is 9.93. The van der Waals surface area contributed by atoms with E-state index in [9.17, 15) is 4.79 Å². The summed E-state index contributed by atoms with van der Waals surface area (Å²) in [5.41, 5.74) is 21.4. The largest absolute Gasteiger partial charge is 0.398 e. The minimum absolute atomic E-state index is 0.0999. The summed E-state index contributed by atoms with van der Waals surface area (Å²) >= 11 is 0. The molecular formula is C22H30N6O. The van der Waals surface area contributed by atoms with Crippen molar-refractivity contribution in [3.05, 3.63) is 71.6 Å². The Hall–Kier alpha value is -3.19. The van der Waals surface area contributed by atoms with Crippen LogP contribution < -0.4 is 27.8 Å². The van der Waals surface area contributed by atoms with Crippen LogP contribution in [0.25, 0.3) is 0 Å². The molecule has 1 amide bonds. The van der Waals surface area contributed by atoms with E-state index in [4.69, 9.17) is 17.2 Å². The van der Waals surface area contributed by atoms with Crippen molar-refractivity contribution in [1.82, 2.24) is 15.5 Å². The van der Waals surface area contributed by atoms with Gasteiger partial charge in [0.05, 0.1) is 0 Å². The van der Waals surface area contributed by atoms with Gasteiger partial charge in [-0.15, -0.1) is 0 Å². The topological polar surface area (TPSA) is 122 Å². The average Bonchev–Trinajstić information content (AvgIpc) is 2.71. The van der Waals surface area contributed by atoms with Gasteiger partial charge in [0.15, 0.2) is 0 Å². The van der Waals surface area contributed by atoms with Crippen molar-refractivity contribution in [2.24, 2.45) is 5.73 Å². The van der Waals surface area contributed by atoms with E-state index < -0.39 is 0 Å². The van der Waals surface area contributed by atoms with Crippen molar-refractivity contribution in [2.75, 3.05) is 24.6 Å². The van der Waals surface area contributed by atoms with Gasteiger partial charge in [-0.1, -0.05) is 36.4 Å². The lowest BCUT2D eigenvalue weighted by Crippen LogP contribution is -2.45. The molecule has 1 aliphatic rings. The minimum atomic E-state index is -0.184. The van der Waals surface area contributed by atoms with Crippen molar-refractivity contribution >= 4 is 17.3 Å². The van der Waals surface area contributed by atoms with Crippen molar-refractivity contribution in [2.45, 2.75) is 32.0 Å². The lowest BCUT2D eigenvalue weighted by atomic mass is 10.1. The second-order valence-electron chi connectivity index (χ2n) is 7.35. The Morgan fingerprint density at radius 3 is 2.17 bits per heavy atom. The molecular weight excluding hydrogens is 364 g/mol. The fourth-order valence-corrected chi connectivity index (χ4v) is 3.42. The fraction of sp³-hybridized carbons (Fsp3) is 0.318. The van der Waals surface area contributed by atoms with Gasteiger partial charge in [0.2, 0.25) is 5.91 Å². The predicted molar refractivity (Wildman–Crippen MR) is 117 cm³/mol. The van der Waals surface area contributed by atoms with Crippen LogP contribution in [0.5, 0.6) is 0 Å². The number of nitrogens with two attached hydrogens (primary N) is 3. The highest BCUT2D eigenvalue weighted by Crippen LogP contribution is 2.15. The van der Waals surface area contributed by atoms with E-state index in [2.05, 4.69) is 15.5 Å². The number of likely N-dealkylation sites (tertiary alicyclic amines) is 1. The van der Waals surface area contributed by atoms with E-state index in [1.807, 2.05) is 48.5 Å². The molecule has 154 valence electrons. The summed E-state index contributed by atoms with van der Waals surface area (Å²) in [6, 6.07) is 15.3. The van der Waals surface area contributed by atoms with E-state index in [1.165, 1.54) is 0 Å². The molecule has 8 N–H and O–H groups in total. The van der Waals surface area contributed by atoms with E-state index in [0.717, 1.165) is 42.0 Å². The van der Waals surface area contributed by atoms with E-state index in [1.54, 1.807) is 6.08 Å². The van der Waals surface area contributed by atoms with E-state index in [-0.39, 0.29) is 11.9 Å². The molecule has 2 aromatic rings. The normalized spacial score (nSPS) is 17.1. The highest BCUT2D eigenvalue weighted by Gasteiger charge is 2.19. The quantitative estimate of drug-likeness (QED) is 0.358. The summed E-state index contributed by atoms with van der Waals surface area (Å²) in [7, 11) is 0. The van der Waals surface area contributed by atoms with Crippen LogP contribution in [0.2, 0.25) is 0 Å². The summed E-state index contributed by atoms with van der Waals surface area (Å²) in [6.07, 6.45) is 3.58. The highest BCUT2D eigenvalue weighted by atomic mass is 16.1. The monoisotopic (exact) mass is 394 g/mol. The van der Waals surface area contributed by atoms with Gasteiger partial charge in [0.1, 0.15) is 5.82 Å². The Labute approximate surface area is 171 Å². The van der Waals surface area contributed by atoms with Gasteiger partial charge in [-0.25, -0.2) is 0 Å². The number of amides is 1. The number of hydrogen-bond acceptors (Lipinski definition) is 6. The molecule has 1 fully saturated rings. The van der Waals surface area contributed by atoms with Crippen LogP contribution in [0.4, 0.5) is 11.4 Å². The fourth-order valence-electron chi connectivity index (χ4n) is 3.42. The third-order valence-electron chi connectivity index (χ3n) is 5.09. The van der Waals surface area contributed by atoms with Crippen LogP contribution in [-0.2, 0) is 17.9 Å². The first-order chi connectivity index (χ1) is 14.0. The number of rotatable bonds is 7. The number of para-hydroxylation sites is 2. The van der Waals surface area contributed by atoms with Gasteiger partial charge in [-0.3, -0.25) is 4.79 Å². The standard InChI is InChI=1S/C22H30N6O/c23-18-8-5-11-28(15-18)21(26-13-16-6-1-3-9-19(16)24)12-22(29)27-14-17-7-2-4-10-20(17)25/h1-4,6-7,9-10,12,18,26H,5,8,11,13-15,23-25H2,(H,27,29)/b21-12+/t18-/m1/s1. The molecule has 29 heavy (non-hydrogen) atoms. The van der Waals surface area contributed by atoms with Gasteiger partial charge < -0.3 is 32.7 Å². The molecule has 0 aliphatic carbocycles. The minimum Gasteiger partial charge on any atom is -0.398 e. The van der Waals surface area contributed by atoms with Gasteiger partial charge in [0.25, 0.3) is 0 Å². The van der Waals surface area contributed by atoms with Crippen LogP contribution in [-0.4, -0.2) is 29.9 Å². The number of benzene rings is 2. The molecule has 3 rings (SSSR count). The molecule has 0 radical (unpaired) electrons. The molecule has 0 spiro atoms. The zero-order valence-corrected chi connectivity index (χ0v) is 16.6. The van der Waals surface area contributed by atoms with Crippen LogP contribution in [0.3, 0.4) is 0 Å². The smallest absolute Gasteiger partial charge is 0.247 e.